The van der Waals surface area contributed by atoms with Crippen LogP contribution < -0.4 is 22.5 Å². The summed E-state index contributed by atoms with van der Waals surface area (Å²) in [5, 5.41) is 6.95. The van der Waals surface area contributed by atoms with E-state index in [-0.39, 0.29) is 5.82 Å². The van der Waals surface area contributed by atoms with Crippen LogP contribution in [-0.4, -0.2) is 22.4 Å². The van der Waals surface area contributed by atoms with Crippen molar-refractivity contribution >= 4 is 102 Å². The normalized spacial score (nSPS) is 11.8. The van der Waals surface area contributed by atoms with E-state index in [2.05, 4.69) is 281 Å². The molecule has 75 heavy (non-hydrogen) atoms. The van der Waals surface area contributed by atoms with Crippen LogP contribution >= 0.6 is 0 Å². The number of hydrogen-bond acceptors (Lipinski definition) is 1. The Hall–Kier alpha value is -9.23. The predicted molar refractivity (Wildman–Crippen MR) is 316 cm³/mol. The van der Waals surface area contributed by atoms with Gasteiger partial charge >= 0.3 is 272 Å². The molecule has 5 heteroatoms. The molecule has 0 saturated heterocycles. The predicted octanol–water partition coefficient (Wildman–Crippen LogP) is 15.7. The molecule has 12 aromatic carbocycles. The van der Waals surface area contributed by atoms with Gasteiger partial charge in [0.15, 0.2) is 0 Å². The molecule has 0 bridgehead atoms. The zero-order chi connectivity index (χ0) is 49.9. The fourth-order valence-corrected chi connectivity index (χ4v) is 21.8. The Morgan fingerprint density at radius 3 is 1.29 bits per heavy atom. The van der Waals surface area contributed by atoms with E-state index >= 15 is 0 Å². The van der Waals surface area contributed by atoms with Crippen molar-refractivity contribution in [3.63, 3.8) is 0 Å². The molecule has 0 N–H and O–H groups in total. The van der Waals surface area contributed by atoms with Gasteiger partial charge in [0.2, 0.25) is 0 Å². The van der Waals surface area contributed by atoms with Crippen LogP contribution in [0.5, 0.6) is 0 Å². The molecule has 0 aliphatic heterocycles. The maximum absolute atomic E-state index is 14.6. The number of para-hydroxylation sites is 2. The van der Waals surface area contributed by atoms with Gasteiger partial charge in [-0.3, -0.25) is 0 Å². The molecule has 2 aromatic heterocycles. The SMILES string of the molecule is Fc1ccc(-n2c3ccc(-c4cc[c]([Ge]([c]5ccccc5)([c]5ccccc5)[c]5ccccc5)cc4)cc3c3cc(N(c4ccc5ccccc5c4)c4ccc5c(c4)c4ccccc4n5-c4ccccc4)ccc32)cc1. The second-order valence-electron chi connectivity index (χ2n) is 19.4. The number of rotatable bonds is 10. The van der Waals surface area contributed by atoms with E-state index in [0.717, 1.165) is 66.9 Å². The van der Waals surface area contributed by atoms with Crippen molar-refractivity contribution in [2.24, 2.45) is 0 Å². The molecule has 2 heterocycles. The topological polar surface area (TPSA) is 13.1 Å². The van der Waals surface area contributed by atoms with Gasteiger partial charge in [-0.1, -0.05) is 66.7 Å². The summed E-state index contributed by atoms with van der Waals surface area (Å²) in [6, 6.07) is 105. The van der Waals surface area contributed by atoms with Crippen LogP contribution in [0.15, 0.2) is 291 Å². The first-order valence-electron chi connectivity index (χ1n) is 25.6. The van der Waals surface area contributed by atoms with Gasteiger partial charge in [0.05, 0.1) is 11.0 Å². The van der Waals surface area contributed by atoms with E-state index in [9.17, 15) is 4.39 Å². The Kier molecular flexibility index (Phi) is 10.9. The van der Waals surface area contributed by atoms with Crippen LogP contribution in [0.4, 0.5) is 21.5 Å². The van der Waals surface area contributed by atoms with Crippen LogP contribution in [0.2, 0.25) is 0 Å². The molecule has 354 valence electrons. The molecule has 14 rings (SSSR count). The van der Waals surface area contributed by atoms with Gasteiger partial charge < -0.3 is 4.57 Å². The maximum atomic E-state index is 14.6. The number of nitrogens with zero attached hydrogens (tertiary/aromatic N) is 3. The first-order chi connectivity index (χ1) is 37.1. The quantitative estimate of drug-likeness (QED) is 0.124. The number of benzene rings is 12. The summed E-state index contributed by atoms with van der Waals surface area (Å²) in [5.74, 6) is -0.262. The minimum atomic E-state index is -3.47. The third-order valence-corrected chi connectivity index (χ3v) is 25.3. The average molecular weight is 1020 g/mol. The van der Waals surface area contributed by atoms with Crippen molar-refractivity contribution in [3.05, 3.63) is 297 Å². The number of aromatic nitrogens is 2. The Bertz CT molecular complexity index is 4300. The molecular formula is C70H48FGeN3. The van der Waals surface area contributed by atoms with E-state index in [1.807, 2.05) is 12.1 Å². The Morgan fingerprint density at radius 1 is 0.280 bits per heavy atom. The molecular weight excluding hydrogens is 974 g/mol. The van der Waals surface area contributed by atoms with Crippen molar-refractivity contribution in [3.8, 4) is 22.5 Å². The van der Waals surface area contributed by atoms with E-state index in [0.29, 0.717) is 0 Å². The molecule has 0 fully saturated rings. The Balaban J connectivity index is 0.960. The van der Waals surface area contributed by atoms with Gasteiger partial charge in [0.25, 0.3) is 0 Å². The second-order valence-corrected chi connectivity index (χ2v) is 27.4. The summed E-state index contributed by atoms with van der Waals surface area (Å²) >= 11 is -3.47. The minimum absolute atomic E-state index is 0.262. The summed E-state index contributed by atoms with van der Waals surface area (Å²) in [6.45, 7) is 0. The van der Waals surface area contributed by atoms with Crippen molar-refractivity contribution < 1.29 is 4.39 Å². The van der Waals surface area contributed by atoms with Crippen LogP contribution in [0.1, 0.15) is 0 Å². The molecule has 0 aliphatic carbocycles. The summed E-state index contributed by atoms with van der Waals surface area (Å²) in [5.41, 5.74) is 11.9. The molecule has 0 amide bonds. The van der Waals surface area contributed by atoms with Gasteiger partial charge in [0.1, 0.15) is 5.82 Å². The Morgan fingerprint density at radius 2 is 0.693 bits per heavy atom. The van der Waals surface area contributed by atoms with E-state index in [1.165, 1.54) is 44.6 Å². The van der Waals surface area contributed by atoms with Crippen LogP contribution in [-0.2, 0) is 0 Å². The second kappa shape index (κ2) is 18.4. The van der Waals surface area contributed by atoms with Gasteiger partial charge in [0, 0.05) is 16.5 Å². The number of halogens is 1. The molecule has 0 aliphatic rings. The number of fused-ring (bicyclic) bond motifs is 7. The third-order valence-electron chi connectivity index (χ3n) is 15.3. The summed E-state index contributed by atoms with van der Waals surface area (Å²) in [6.07, 6.45) is 0. The summed E-state index contributed by atoms with van der Waals surface area (Å²) < 4.78 is 24.8. The zero-order valence-electron chi connectivity index (χ0n) is 40.9. The Labute approximate surface area is 437 Å². The molecule has 14 aromatic rings. The van der Waals surface area contributed by atoms with E-state index in [1.54, 1.807) is 12.1 Å². The molecule has 0 radical (unpaired) electrons. The van der Waals surface area contributed by atoms with E-state index < -0.39 is 13.3 Å². The van der Waals surface area contributed by atoms with Crippen molar-refractivity contribution in [2.75, 3.05) is 4.90 Å². The monoisotopic (exact) mass is 1020 g/mol. The van der Waals surface area contributed by atoms with Crippen LogP contribution in [0.25, 0.3) is 76.9 Å². The first kappa shape index (κ1) is 44.5. The standard InChI is InChI=1S/C70H48FGeN3/c71-53-33-38-59(39-34-53)75-68-42-32-52(50-29-35-57(36-30-50)72(54-19-5-1-6-20-54,55-21-7-2-8-22-55)56-23-9-3-10-24-56)46-64(68)66-48-62(41-44-70(66)75)73(60-37-31-49-17-13-14-18-51(49)45-60)61-40-43-69-65(47-61)63-27-15-16-28-67(63)74(69)58-25-11-4-12-26-58/h1-48H. The summed E-state index contributed by atoms with van der Waals surface area (Å²) in [4.78, 5) is 2.40. The van der Waals surface area contributed by atoms with Gasteiger partial charge in [-0.2, -0.15) is 0 Å². The van der Waals surface area contributed by atoms with Crippen molar-refractivity contribution in [2.45, 2.75) is 0 Å². The van der Waals surface area contributed by atoms with Gasteiger partial charge in [-0.15, -0.1) is 0 Å². The zero-order valence-corrected chi connectivity index (χ0v) is 43.0. The van der Waals surface area contributed by atoms with Crippen molar-refractivity contribution in [1.29, 1.82) is 0 Å². The van der Waals surface area contributed by atoms with Crippen LogP contribution in [0, 0.1) is 5.82 Å². The first-order valence-corrected chi connectivity index (χ1v) is 29.8. The molecule has 0 saturated carbocycles. The van der Waals surface area contributed by atoms with Crippen LogP contribution in [0.3, 0.4) is 0 Å². The molecule has 0 unspecified atom stereocenters. The van der Waals surface area contributed by atoms with Crippen molar-refractivity contribution in [1.82, 2.24) is 9.13 Å². The fraction of sp³-hybridized carbons (Fsp3) is 0. The van der Waals surface area contributed by atoms with Gasteiger partial charge in [-0.25, -0.2) is 4.39 Å². The molecule has 0 spiro atoms. The van der Waals surface area contributed by atoms with Gasteiger partial charge in [-0.05, 0) is 59.3 Å². The summed E-state index contributed by atoms with van der Waals surface area (Å²) in [7, 11) is 0. The third kappa shape index (κ3) is 7.48. The van der Waals surface area contributed by atoms with E-state index in [4.69, 9.17) is 0 Å². The molecule has 0 atom stereocenters. The molecule has 3 nitrogen and oxygen atoms in total. The fourth-order valence-electron chi connectivity index (χ4n) is 11.9. The average Bonchev–Trinajstić information content (AvgIpc) is 4.03. The number of hydrogen-bond donors (Lipinski definition) is 0. The number of anilines is 3.